The summed E-state index contributed by atoms with van der Waals surface area (Å²) >= 11 is 0. The molecule has 2 nitrogen and oxygen atoms in total. The molecule has 6 aromatic carbocycles. The Morgan fingerprint density at radius 3 is 1.78 bits per heavy atom. The summed E-state index contributed by atoms with van der Waals surface area (Å²) in [6.45, 7) is 0. The third-order valence-electron chi connectivity index (χ3n) is 7.47. The van der Waals surface area contributed by atoms with Crippen molar-refractivity contribution in [2.45, 2.75) is 0 Å². The number of rotatable bonds is 2. The number of hydrogen-bond donors (Lipinski definition) is 0. The fourth-order valence-corrected chi connectivity index (χ4v) is 5.99. The summed E-state index contributed by atoms with van der Waals surface area (Å²) in [5.41, 5.74) is 7.35. The van der Waals surface area contributed by atoms with E-state index >= 15 is 0 Å². The molecule has 168 valence electrons. The van der Waals surface area contributed by atoms with E-state index in [1.54, 1.807) is 0 Å². The lowest BCUT2D eigenvalue weighted by atomic mass is 10.1. The minimum absolute atomic E-state index is 1.17. The minimum atomic E-state index is 1.17. The van der Waals surface area contributed by atoms with Gasteiger partial charge in [-0.2, -0.15) is 0 Å². The Labute approximate surface area is 208 Å². The fraction of sp³-hybridized carbons (Fsp3) is 0. The molecule has 0 amide bonds. The van der Waals surface area contributed by atoms with Crippen molar-refractivity contribution in [3.8, 4) is 11.4 Å². The van der Waals surface area contributed by atoms with E-state index in [-0.39, 0.29) is 0 Å². The molecule has 0 N–H and O–H groups in total. The van der Waals surface area contributed by atoms with Crippen LogP contribution >= 0.6 is 0 Å². The summed E-state index contributed by atoms with van der Waals surface area (Å²) in [6, 6.07) is 48.2. The molecule has 8 rings (SSSR count). The molecule has 0 bridgehead atoms. The van der Waals surface area contributed by atoms with Crippen LogP contribution in [0.2, 0.25) is 0 Å². The molecule has 36 heavy (non-hydrogen) atoms. The summed E-state index contributed by atoms with van der Waals surface area (Å²) in [5.74, 6) is 0. The zero-order chi connectivity index (χ0) is 23.6. The second-order valence-electron chi connectivity index (χ2n) is 9.40. The number of hydrogen-bond acceptors (Lipinski definition) is 0. The lowest BCUT2D eigenvalue weighted by molar-refractivity contribution is 1.18. The Hall–Kier alpha value is -4.82. The van der Waals surface area contributed by atoms with E-state index in [1.807, 2.05) is 0 Å². The van der Waals surface area contributed by atoms with Crippen molar-refractivity contribution >= 4 is 54.4 Å². The number of aromatic nitrogens is 2. The topological polar surface area (TPSA) is 9.86 Å². The van der Waals surface area contributed by atoms with Crippen molar-refractivity contribution in [2.24, 2.45) is 0 Å². The third-order valence-corrected chi connectivity index (χ3v) is 7.47. The zero-order valence-electron chi connectivity index (χ0n) is 19.6. The first-order valence-electron chi connectivity index (χ1n) is 12.4. The highest BCUT2D eigenvalue weighted by atomic mass is 15.1. The molecular formula is C34H22N2. The summed E-state index contributed by atoms with van der Waals surface area (Å²) in [7, 11) is 0. The van der Waals surface area contributed by atoms with Gasteiger partial charge < -0.3 is 9.13 Å². The van der Waals surface area contributed by atoms with Gasteiger partial charge in [0.1, 0.15) is 0 Å². The molecule has 0 saturated carbocycles. The van der Waals surface area contributed by atoms with Gasteiger partial charge in [-0.1, -0.05) is 109 Å². The van der Waals surface area contributed by atoms with Crippen molar-refractivity contribution < 1.29 is 0 Å². The molecule has 2 heterocycles. The standard InChI is InChI=1S/C34H22N2/c1-2-14-25(15-3-1)35-31-19-9-8-18-28(31)33-34(35)29-22-21-24-12-5-7-17-27(24)32(29)36(33)30-20-10-13-23-11-4-6-16-26(23)30/h1-22H. The zero-order valence-corrected chi connectivity index (χ0v) is 19.6. The maximum absolute atomic E-state index is 2.51. The van der Waals surface area contributed by atoms with Crippen molar-refractivity contribution in [2.75, 3.05) is 0 Å². The highest BCUT2D eigenvalue weighted by Crippen LogP contribution is 2.43. The highest BCUT2D eigenvalue weighted by molar-refractivity contribution is 6.25. The quantitative estimate of drug-likeness (QED) is 0.244. The van der Waals surface area contributed by atoms with E-state index in [0.29, 0.717) is 0 Å². The Kier molecular flexibility index (Phi) is 3.97. The second kappa shape index (κ2) is 7.34. The van der Waals surface area contributed by atoms with Crippen LogP contribution in [0, 0.1) is 0 Å². The number of benzene rings is 6. The minimum Gasteiger partial charge on any atom is -0.307 e. The predicted octanol–water partition coefficient (Wildman–Crippen LogP) is 9.03. The van der Waals surface area contributed by atoms with Gasteiger partial charge >= 0.3 is 0 Å². The largest absolute Gasteiger partial charge is 0.307 e. The van der Waals surface area contributed by atoms with E-state index < -0.39 is 0 Å². The van der Waals surface area contributed by atoms with E-state index in [0.717, 1.165) is 0 Å². The van der Waals surface area contributed by atoms with Gasteiger partial charge in [0.25, 0.3) is 0 Å². The van der Waals surface area contributed by atoms with E-state index in [4.69, 9.17) is 0 Å². The number of para-hydroxylation sites is 2. The van der Waals surface area contributed by atoms with E-state index in [9.17, 15) is 0 Å². The molecule has 0 aliphatic heterocycles. The lowest BCUT2D eigenvalue weighted by Crippen LogP contribution is -1.96. The smallest absolute Gasteiger partial charge is 0.0804 e. The molecule has 0 atom stereocenters. The SMILES string of the molecule is c1ccc(-n2c3ccccc3c3c2c2ccc4ccccc4c2n3-c2cccc3ccccc23)cc1. The summed E-state index contributed by atoms with van der Waals surface area (Å²) in [6.07, 6.45) is 0. The maximum atomic E-state index is 2.51. The van der Waals surface area contributed by atoms with Crippen LogP contribution < -0.4 is 0 Å². The van der Waals surface area contributed by atoms with Crippen LogP contribution in [0.25, 0.3) is 65.8 Å². The number of nitrogens with zero attached hydrogens (tertiary/aromatic N) is 2. The lowest BCUT2D eigenvalue weighted by Gasteiger charge is -2.13. The normalized spacial score (nSPS) is 11.9. The Morgan fingerprint density at radius 2 is 0.944 bits per heavy atom. The van der Waals surface area contributed by atoms with Crippen LogP contribution in [-0.2, 0) is 0 Å². The van der Waals surface area contributed by atoms with Crippen LogP contribution in [-0.4, -0.2) is 9.13 Å². The first-order chi connectivity index (χ1) is 17.9. The molecule has 8 aromatic rings. The molecule has 0 radical (unpaired) electrons. The van der Waals surface area contributed by atoms with Crippen molar-refractivity contribution in [1.82, 2.24) is 9.13 Å². The molecule has 0 aliphatic carbocycles. The van der Waals surface area contributed by atoms with Crippen molar-refractivity contribution in [3.05, 3.63) is 133 Å². The molecule has 0 aliphatic rings. The van der Waals surface area contributed by atoms with Gasteiger partial charge in [0, 0.05) is 27.2 Å². The molecule has 0 unspecified atom stereocenters. The van der Waals surface area contributed by atoms with Gasteiger partial charge in [0.05, 0.1) is 27.8 Å². The van der Waals surface area contributed by atoms with Gasteiger partial charge in [-0.05, 0) is 35.0 Å². The first-order valence-corrected chi connectivity index (χ1v) is 12.4. The van der Waals surface area contributed by atoms with Crippen LogP contribution in [0.5, 0.6) is 0 Å². The summed E-state index contributed by atoms with van der Waals surface area (Å²) in [5, 5.41) is 7.53. The Morgan fingerprint density at radius 1 is 0.333 bits per heavy atom. The van der Waals surface area contributed by atoms with Gasteiger partial charge in [0.2, 0.25) is 0 Å². The molecular weight excluding hydrogens is 436 g/mol. The van der Waals surface area contributed by atoms with Crippen molar-refractivity contribution in [1.29, 1.82) is 0 Å². The van der Waals surface area contributed by atoms with E-state index in [2.05, 4.69) is 143 Å². The molecule has 0 spiro atoms. The van der Waals surface area contributed by atoms with Crippen LogP contribution in [0.1, 0.15) is 0 Å². The van der Waals surface area contributed by atoms with Crippen LogP contribution in [0.3, 0.4) is 0 Å². The monoisotopic (exact) mass is 458 g/mol. The van der Waals surface area contributed by atoms with Crippen LogP contribution in [0.15, 0.2) is 133 Å². The van der Waals surface area contributed by atoms with Crippen molar-refractivity contribution in [3.63, 3.8) is 0 Å². The Bertz CT molecular complexity index is 2090. The first kappa shape index (κ1) is 19.5. The number of fused-ring (bicyclic) bond motifs is 8. The average Bonchev–Trinajstić information content (AvgIpc) is 3.46. The third kappa shape index (κ3) is 2.56. The molecule has 2 aromatic heterocycles. The van der Waals surface area contributed by atoms with Gasteiger partial charge in [-0.25, -0.2) is 0 Å². The van der Waals surface area contributed by atoms with Crippen LogP contribution in [0.4, 0.5) is 0 Å². The Balaban J connectivity index is 1.70. The highest BCUT2D eigenvalue weighted by Gasteiger charge is 2.23. The second-order valence-corrected chi connectivity index (χ2v) is 9.40. The van der Waals surface area contributed by atoms with Gasteiger partial charge in [-0.3, -0.25) is 0 Å². The van der Waals surface area contributed by atoms with Gasteiger partial charge in [0.15, 0.2) is 0 Å². The average molecular weight is 459 g/mol. The van der Waals surface area contributed by atoms with Gasteiger partial charge in [-0.15, -0.1) is 0 Å². The maximum Gasteiger partial charge on any atom is 0.0804 e. The molecule has 2 heteroatoms. The fourth-order valence-electron chi connectivity index (χ4n) is 5.99. The predicted molar refractivity (Wildman–Crippen MR) is 153 cm³/mol. The van der Waals surface area contributed by atoms with E-state index in [1.165, 1.54) is 65.8 Å². The molecule has 0 fully saturated rings. The summed E-state index contributed by atoms with van der Waals surface area (Å²) < 4.78 is 4.94. The molecule has 0 saturated heterocycles. The summed E-state index contributed by atoms with van der Waals surface area (Å²) in [4.78, 5) is 0.